The number of H-pyrrole nitrogens is 1. The average molecular weight is 384 g/mol. The topological polar surface area (TPSA) is 62.2 Å². The van der Waals surface area contributed by atoms with Crippen molar-refractivity contribution in [2.24, 2.45) is 18.1 Å². The number of benzene rings is 2. The summed E-state index contributed by atoms with van der Waals surface area (Å²) in [4.78, 5) is 16.2. The molecular formula is C24H24N4O. The van der Waals surface area contributed by atoms with Crippen LogP contribution in [0.15, 0.2) is 53.8 Å². The summed E-state index contributed by atoms with van der Waals surface area (Å²) in [5.41, 5.74) is 9.23. The summed E-state index contributed by atoms with van der Waals surface area (Å²) in [7, 11) is 2.01. The van der Waals surface area contributed by atoms with Crippen LogP contribution in [-0.2, 0) is 19.9 Å². The predicted molar refractivity (Wildman–Crippen MR) is 117 cm³/mol. The van der Waals surface area contributed by atoms with Crippen molar-refractivity contribution in [2.45, 2.75) is 26.2 Å². The quantitative estimate of drug-likeness (QED) is 0.395. The number of aromatic nitrogens is 2. The van der Waals surface area contributed by atoms with E-state index in [4.69, 9.17) is 0 Å². The number of nitrogens with one attached hydrogen (secondary N) is 2. The van der Waals surface area contributed by atoms with E-state index in [1.165, 1.54) is 17.7 Å². The molecule has 1 aliphatic rings. The Morgan fingerprint density at radius 1 is 1.24 bits per heavy atom. The minimum absolute atomic E-state index is 0.192. The fourth-order valence-corrected chi connectivity index (χ4v) is 4.43. The van der Waals surface area contributed by atoms with E-state index < -0.39 is 0 Å². The Hall–Kier alpha value is -3.34. The van der Waals surface area contributed by atoms with Crippen LogP contribution in [0.25, 0.3) is 21.8 Å². The third-order valence-electron chi connectivity index (χ3n) is 5.99. The van der Waals surface area contributed by atoms with Gasteiger partial charge in [0.05, 0.1) is 6.21 Å². The molecule has 0 spiro atoms. The SMILES string of the molecule is CC1CCc2[nH]c3ccc(C(=O)N/N=C\c4cn(C)c5ccccc45)cc3c2C1. The maximum Gasteiger partial charge on any atom is 0.271 e. The summed E-state index contributed by atoms with van der Waals surface area (Å²) >= 11 is 0. The lowest BCUT2D eigenvalue weighted by molar-refractivity contribution is 0.0955. The molecule has 0 saturated heterocycles. The Morgan fingerprint density at radius 3 is 3.00 bits per heavy atom. The molecule has 0 aliphatic heterocycles. The molecule has 1 unspecified atom stereocenters. The van der Waals surface area contributed by atoms with Crippen molar-refractivity contribution in [3.63, 3.8) is 0 Å². The van der Waals surface area contributed by atoms with Gasteiger partial charge in [0.25, 0.3) is 5.91 Å². The molecule has 29 heavy (non-hydrogen) atoms. The van der Waals surface area contributed by atoms with E-state index >= 15 is 0 Å². The van der Waals surface area contributed by atoms with Crippen molar-refractivity contribution in [3.8, 4) is 0 Å². The Balaban J connectivity index is 1.38. The maximum absolute atomic E-state index is 12.7. The van der Waals surface area contributed by atoms with E-state index in [9.17, 15) is 4.79 Å². The first-order chi connectivity index (χ1) is 14.1. The summed E-state index contributed by atoms with van der Waals surface area (Å²) in [6.45, 7) is 2.29. The second-order valence-electron chi connectivity index (χ2n) is 8.10. The number of nitrogens with zero attached hydrogens (tertiary/aromatic N) is 2. The normalized spacial score (nSPS) is 16.6. The predicted octanol–water partition coefficient (Wildman–Crippen LogP) is 4.55. The monoisotopic (exact) mass is 384 g/mol. The molecule has 0 radical (unpaired) electrons. The van der Waals surface area contributed by atoms with Gasteiger partial charge in [-0.2, -0.15) is 5.10 Å². The van der Waals surface area contributed by atoms with Gasteiger partial charge >= 0.3 is 0 Å². The van der Waals surface area contributed by atoms with Crippen LogP contribution in [0, 0.1) is 5.92 Å². The van der Waals surface area contributed by atoms with Crippen molar-refractivity contribution in [1.82, 2.24) is 15.0 Å². The Morgan fingerprint density at radius 2 is 2.10 bits per heavy atom. The van der Waals surface area contributed by atoms with Gasteiger partial charge in [0.2, 0.25) is 0 Å². The lowest BCUT2D eigenvalue weighted by Crippen LogP contribution is -2.17. The van der Waals surface area contributed by atoms with Gasteiger partial charge in [-0.15, -0.1) is 0 Å². The molecule has 0 bridgehead atoms. The molecular weight excluding hydrogens is 360 g/mol. The van der Waals surface area contributed by atoms with Gasteiger partial charge in [0.15, 0.2) is 0 Å². The molecule has 4 aromatic rings. The third kappa shape index (κ3) is 3.12. The molecule has 1 amide bonds. The molecule has 5 heteroatoms. The zero-order chi connectivity index (χ0) is 20.0. The van der Waals surface area contributed by atoms with Crippen molar-refractivity contribution >= 4 is 33.9 Å². The second-order valence-corrected chi connectivity index (χ2v) is 8.10. The highest BCUT2D eigenvalue weighted by molar-refractivity contribution is 6.01. The minimum Gasteiger partial charge on any atom is -0.358 e. The number of hydrazone groups is 1. The standard InChI is InChI=1S/C24H24N4O/c1-15-7-9-21-19(11-15)20-12-16(8-10-22(20)26-21)24(29)27-25-13-17-14-28(2)23-6-4-3-5-18(17)23/h3-6,8,10,12-15,26H,7,9,11H2,1-2H3,(H,27,29)/b25-13-. The highest BCUT2D eigenvalue weighted by atomic mass is 16.2. The maximum atomic E-state index is 12.7. The zero-order valence-electron chi connectivity index (χ0n) is 16.7. The lowest BCUT2D eigenvalue weighted by Gasteiger charge is -2.18. The van der Waals surface area contributed by atoms with Crippen LogP contribution in [0.3, 0.4) is 0 Å². The molecule has 2 N–H and O–H groups in total. The van der Waals surface area contributed by atoms with E-state index in [2.05, 4.69) is 39.1 Å². The number of aromatic amines is 1. The molecule has 0 fully saturated rings. The van der Waals surface area contributed by atoms with Gasteiger partial charge in [-0.25, -0.2) is 5.43 Å². The van der Waals surface area contributed by atoms with Crippen LogP contribution in [0.5, 0.6) is 0 Å². The highest BCUT2D eigenvalue weighted by Gasteiger charge is 2.20. The third-order valence-corrected chi connectivity index (χ3v) is 5.99. The Labute approximate surface area is 169 Å². The smallest absolute Gasteiger partial charge is 0.271 e. The number of hydrogen-bond donors (Lipinski definition) is 2. The number of hydrogen-bond acceptors (Lipinski definition) is 2. The molecule has 1 aliphatic carbocycles. The summed E-state index contributed by atoms with van der Waals surface area (Å²) in [5, 5.41) is 6.48. The van der Waals surface area contributed by atoms with Gasteiger partial charge in [0, 0.05) is 51.9 Å². The van der Waals surface area contributed by atoms with Crippen LogP contribution >= 0.6 is 0 Å². The average Bonchev–Trinajstić information content (AvgIpc) is 3.25. The Bertz CT molecular complexity index is 1260. The number of para-hydroxylation sites is 1. The van der Waals surface area contributed by atoms with Gasteiger partial charge in [0.1, 0.15) is 0 Å². The van der Waals surface area contributed by atoms with E-state index in [0.29, 0.717) is 11.5 Å². The number of fused-ring (bicyclic) bond motifs is 4. The fraction of sp³-hybridized carbons (Fsp3) is 0.250. The van der Waals surface area contributed by atoms with Crippen LogP contribution in [0.2, 0.25) is 0 Å². The summed E-state index contributed by atoms with van der Waals surface area (Å²) in [5.74, 6) is 0.492. The number of aryl methyl sites for hydroxylation is 2. The summed E-state index contributed by atoms with van der Waals surface area (Å²) in [6, 6.07) is 14.0. The molecule has 5 rings (SSSR count). The van der Waals surface area contributed by atoms with Gasteiger partial charge in [-0.3, -0.25) is 4.79 Å². The molecule has 5 nitrogen and oxygen atoms in total. The second kappa shape index (κ2) is 6.92. The lowest BCUT2D eigenvalue weighted by atomic mass is 9.87. The first-order valence-corrected chi connectivity index (χ1v) is 10.1. The van der Waals surface area contributed by atoms with Crippen molar-refractivity contribution in [3.05, 3.63) is 71.0 Å². The highest BCUT2D eigenvalue weighted by Crippen LogP contribution is 2.32. The molecule has 2 heterocycles. The van der Waals surface area contributed by atoms with Gasteiger partial charge in [-0.1, -0.05) is 25.1 Å². The first kappa shape index (κ1) is 17.7. The van der Waals surface area contributed by atoms with Crippen LogP contribution in [0.4, 0.5) is 0 Å². The van der Waals surface area contributed by atoms with Crippen molar-refractivity contribution in [2.75, 3.05) is 0 Å². The van der Waals surface area contributed by atoms with E-state index in [-0.39, 0.29) is 5.91 Å². The Kier molecular flexibility index (Phi) is 4.23. The van der Waals surface area contributed by atoms with Crippen LogP contribution < -0.4 is 5.43 Å². The van der Waals surface area contributed by atoms with Crippen molar-refractivity contribution in [1.29, 1.82) is 0 Å². The summed E-state index contributed by atoms with van der Waals surface area (Å²) < 4.78 is 2.06. The molecule has 0 saturated carbocycles. The number of carbonyl (C=O) groups is 1. The van der Waals surface area contributed by atoms with Gasteiger partial charge in [-0.05, 0) is 55.0 Å². The van der Waals surface area contributed by atoms with Gasteiger partial charge < -0.3 is 9.55 Å². The molecule has 2 aromatic heterocycles. The number of amides is 1. The zero-order valence-corrected chi connectivity index (χ0v) is 16.7. The number of carbonyl (C=O) groups excluding carboxylic acids is 1. The van der Waals surface area contributed by atoms with E-state index in [1.807, 2.05) is 43.6 Å². The fourth-order valence-electron chi connectivity index (χ4n) is 4.43. The number of rotatable bonds is 3. The molecule has 1 atom stereocenters. The summed E-state index contributed by atoms with van der Waals surface area (Å²) in [6.07, 6.45) is 7.09. The van der Waals surface area contributed by atoms with Crippen LogP contribution in [-0.4, -0.2) is 21.7 Å². The first-order valence-electron chi connectivity index (χ1n) is 10.1. The van der Waals surface area contributed by atoms with Crippen LogP contribution in [0.1, 0.15) is 40.5 Å². The molecule has 2 aromatic carbocycles. The van der Waals surface area contributed by atoms with E-state index in [1.54, 1.807) is 6.21 Å². The van der Waals surface area contributed by atoms with Crippen molar-refractivity contribution < 1.29 is 4.79 Å². The molecule has 146 valence electrons. The van der Waals surface area contributed by atoms with E-state index in [0.717, 1.165) is 40.2 Å². The minimum atomic E-state index is -0.192. The largest absolute Gasteiger partial charge is 0.358 e.